The molecule has 0 aliphatic carbocycles. The fourth-order valence-corrected chi connectivity index (χ4v) is 1.08. The third-order valence-corrected chi connectivity index (χ3v) is 1.73. The fraction of sp³-hybridized carbons (Fsp3) is 0.250. The maximum absolute atomic E-state index is 10.4. The molecule has 2 N–H and O–H groups in total. The minimum atomic E-state index is -0.686. The van der Waals surface area contributed by atoms with Crippen molar-refractivity contribution in [2.75, 3.05) is 7.11 Å². The van der Waals surface area contributed by atoms with E-state index in [2.05, 4.69) is 4.98 Å². The van der Waals surface area contributed by atoms with Gasteiger partial charge >= 0.3 is 0 Å². The number of pyridine rings is 1. The molecule has 0 radical (unpaired) electrons. The topological polar surface area (TPSA) is 65.2 Å². The number of hydrogen-bond acceptors (Lipinski definition) is 4. The summed E-state index contributed by atoms with van der Waals surface area (Å²) in [6.45, 7) is 0. The van der Waals surface area contributed by atoms with Gasteiger partial charge in [0.15, 0.2) is 0 Å². The molecule has 1 rings (SSSR count). The molecule has 70 valence electrons. The number of nitrogens with two attached hydrogens (primary N) is 1. The molecule has 0 aliphatic heterocycles. The molecule has 1 aromatic heterocycles. The highest BCUT2D eigenvalue weighted by Crippen LogP contribution is 2.19. The van der Waals surface area contributed by atoms with Crippen LogP contribution in [0.3, 0.4) is 0 Å². The van der Waals surface area contributed by atoms with Crippen LogP contribution in [0.2, 0.25) is 5.15 Å². The molecule has 0 spiro atoms. The number of rotatable bonds is 3. The van der Waals surface area contributed by atoms with Crippen molar-refractivity contribution in [3.63, 3.8) is 0 Å². The molecule has 0 saturated carbocycles. The Balaban J connectivity index is 3.07. The molecule has 1 heterocycles. The minimum absolute atomic E-state index is 0.256. The molecule has 1 unspecified atom stereocenters. The Morgan fingerprint density at radius 2 is 2.38 bits per heavy atom. The Morgan fingerprint density at radius 1 is 1.69 bits per heavy atom. The average Bonchev–Trinajstić information content (AvgIpc) is 2.15. The summed E-state index contributed by atoms with van der Waals surface area (Å²) in [5.74, 6) is 0.347. The Bertz CT molecular complexity index is 317. The number of nitrogens with zero attached hydrogens (tertiary/aromatic N) is 1. The van der Waals surface area contributed by atoms with Crippen LogP contribution >= 0.6 is 11.6 Å². The first kappa shape index (κ1) is 9.95. The van der Waals surface area contributed by atoms with Crippen molar-refractivity contribution in [3.8, 4) is 5.88 Å². The standard InChI is InChI=1S/C8H9ClN2O2/c1-13-8-3-5(6(10)4-12)2-7(9)11-8/h2-4,6H,10H2,1H3. The number of halogens is 1. The van der Waals surface area contributed by atoms with Crippen LogP contribution in [0.4, 0.5) is 0 Å². The van der Waals surface area contributed by atoms with Crippen LogP contribution in [-0.4, -0.2) is 18.4 Å². The van der Waals surface area contributed by atoms with E-state index < -0.39 is 6.04 Å². The first-order valence-corrected chi connectivity index (χ1v) is 3.97. The molecule has 0 aliphatic rings. The Kier molecular flexibility index (Phi) is 3.22. The molecule has 5 heteroatoms. The number of carbonyl (C=O) groups excluding carboxylic acids is 1. The molecule has 0 amide bonds. The van der Waals surface area contributed by atoms with Gasteiger partial charge in [-0.25, -0.2) is 4.98 Å². The van der Waals surface area contributed by atoms with Crippen molar-refractivity contribution in [3.05, 3.63) is 22.8 Å². The molecule has 4 nitrogen and oxygen atoms in total. The molecule has 13 heavy (non-hydrogen) atoms. The highest BCUT2D eigenvalue weighted by molar-refractivity contribution is 6.29. The van der Waals surface area contributed by atoms with Gasteiger partial charge in [0.05, 0.1) is 13.2 Å². The van der Waals surface area contributed by atoms with Gasteiger partial charge in [0.25, 0.3) is 0 Å². The van der Waals surface area contributed by atoms with Crippen LogP contribution in [0.25, 0.3) is 0 Å². The van der Waals surface area contributed by atoms with E-state index in [1.54, 1.807) is 6.07 Å². The van der Waals surface area contributed by atoms with E-state index in [4.69, 9.17) is 22.1 Å². The molecular weight excluding hydrogens is 192 g/mol. The van der Waals surface area contributed by atoms with Gasteiger partial charge in [-0.05, 0) is 11.6 Å². The average molecular weight is 201 g/mol. The van der Waals surface area contributed by atoms with Crippen LogP contribution in [0.1, 0.15) is 11.6 Å². The first-order chi connectivity index (χ1) is 6.17. The molecule has 1 atom stereocenters. The van der Waals surface area contributed by atoms with Crippen LogP contribution in [-0.2, 0) is 4.79 Å². The van der Waals surface area contributed by atoms with Gasteiger partial charge in [-0.2, -0.15) is 0 Å². The predicted molar refractivity (Wildman–Crippen MR) is 48.8 cm³/mol. The van der Waals surface area contributed by atoms with E-state index in [9.17, 15) is 4.79 Å². The molecule has 1 aromatic rings. The Labute approximate surface area is 80.7 Å². The lowest BCUT2D eigenvalue weighted by molar-refractivity contribution is -0.109. The van der Waals surface area contributed by atoms with E-state index in [0.717, 1.165) is 0 Å². The van der Waals surface area contributed by atoms with E-state index in [0.29, 0.717) is 17.7 Å². The van der Waals surface area contributed by atoms with Crippen molar-refractivity contribution >= 4 is 17.9 Å². The summed E-state index contributed by atoms with van der Waals surface area (Å²) in [5, 5.41) is 0.256. The van der Waals surface area contributed by atoms with E-state index >= 15 is 0 Å². The zero-order valence-corrected chi connectivity index (χ0v) is 7.78. The van der Waals surface area contributed by atoms with Crippen LogP contribution in [0.15, 0.2) is 12.1 Å². The van der Waals surface area contributed by atoms with Gasteiger partial charge in [0.2, 0.25) is 5.88 Å². The molecular formula is C8H9ClN2O2. The monoisotopic (exact) mass is 200 g/mol. The largest absolute Gasteiger partial charge is 0.481 e. The summed E-state index contributed by atoms with van der Waals surface area (Å²) in [5.41, 5.74) is 6.07. The van der Waals surface area contributed by atoms with Gasteiger partial charge in [0, 0.05) is 6.07 Å². The zero-order chi connectivity index (χ0) is 9.84. The summed E-state index contributed by atoms with van der Waals surface area (Å²) in [7, 11) is 1.47. The normalized spacial score (nSPS) is 12.2. The second kappa shape index (κ2) is 4.20. The zero-order valence-electron chi connectivity index (χ0n) is 7.03. The number of hydrogen-bond donors (Lipinski definition) is 1. The number of carbonyl (C=O) groups is 1. The van der Waals surface area contributed by atoms with Gasteiger partial charge < -0.3 is 15.3 Å². The first-order valence-electron chi connectivity index (χ1n) is 3.59. The third-order valence-electron chi connectivity index (χ3n) is 1.53. The quantitative estimate of drug-likeness (QED) is 0.583. The number of ether oxygens (including phenoxy) is 1. The summed E-state index contributed by atoms with van der Waals surface area (Å²) in [6.07, 6.45) is 0.630. The van der Waals surface area contributed by atoms with Gasteiger partial charge in [0.1, 0.15) is 11.4 Å². The second-order valence-electron chi connectivity index (χ2n) is 2.43. The van der Waals surface area contributed by atoms with Crippen LogP contribution in [0, 0.1) is 0 Å². The lowest BCUT2D eigenvalue weighted by Gasteiger charge is -2.06. The second-order valence-corrected chi connectivity index (χ2v) is 2.81. The molecule has 0 bridgehead atoms. The highest BCUT2D eigenvalue weighted by Gasteiger charge is 2.07. The van der Waals surface area contributed by atoms with Crippen molar-refractivity contribution in [1.29, 1.82) is 0 Å². The third kappa shape index (κ3) is 2.40. The van der Waals surface area contributed by atoms with Crippen molar-refractivity contribution in [1.82, 2.24) is 4.98 Å². The van der Waals surface area contributed by atoms with E-state index in [-0.39, 0.29) is 5.15 Å². The number of methoxy groups -OCH3 is 1. The smallest absolute Gasteiger partial charge is 0.214 e. The van der Waals surface area contributed by atoms with Crippen molar-refractivity contribution in [2.45, 2.75) is 6.04 Å². The number of aromatic nitrogens is 1. The van der Waals surface area contributed by atoms with Gasteiger partial charge in [-0.3, -0.25) is 0 Å². The maximum Gasteiger partial charge on any atom is 0.214 e. The SMILES string of the molecule is COc1cc(C(N)C=O)cc(Cl)n1. The minimum Gasteiger partial charge on any atom is -0.481 e. The lowest BCUT2D eigenvalue weighted by Crippen LogP contribution is -2.11. The Morgan fingerprint density at radius 3 is 2.92 bits per heavy atom. The summed E-state index contributed by atoms with van der Waals surface area (Å²) >= 11 is 5.67. The van der Waals surface area contributed by atoms with E-state index in [1.165, 1.54) is 13.2 Å². The number of aldehydes is 1. The van der Waals surface area contributed by atoms with Crippen LogP contribution < -0.4 is 10.5 Å². The van der Waals surface area contributed by atoms with Crippen molar-refractivity contribution in [2.24, 2.45) is 5.73 Å². The summed E-state index contributed by atoms with van der Waals surface area (Å²) in [4.78, 5) is 14.2. The highest BCUT2D eigenvalue weighted by atomic mass is 35.5. The molecule has 0 saturated heterocycles. The summed E-state index contributed by atoms with van der Waals surface area (Å²) in [6, 6.07) is 2.42. The molecule has 0 aromatic carbocycles. The fourth-order valence-electron chi connectivity index (χ4n) is 0.867. The van der Waals surface area contributed by atoms with E-state index in [1.807, 2.05) is 0 Å². The van der Waals surface area contributed by atoms with Crippen molar-refractivity contribution < 1.29 is 9.53 Å². The summed E-state index contributed by atoms with van der Waals surface area (Å²) < 4.78 is 4.86. The van der Waals surface area contributed by atoms with Gasteiger partial charge in [-0.15, -0.1) is 0 Å². The van der Waals surface area contributed by atoms with Crippen LogP contribution in [0.5, 0.6) is 5.88 Å². The van der Waals surface area contributed by atoms with Gasteiger partial charge in [-0.1, -0.05) is 11.6 Å². The predicted octanol–water partition coefficient (Wildman–Crippen LogP) is 0.942. The maximum atomic E-state index is 10.4. The lowest BCUT2D eigenvalue weighted by atomic mass is 10.1. The Hall–Kier alpha value is -1.13. The molecule has 0 fully saturated rings.